The zero-order valence-corrected chi connectivity index (χ0v) is 10.1. The van der Waals surface area contributed by atoms with Gasteiger partial charge in [0.15, 0.2) is 0 Å². The summed E-state index contributed by atoms with van der Waals surface area (Å²) >= 11 is 0. The highest BCUT2D eigenvalue weighted by atomic mass is 19.4. The summed E-state index contributed by atoms with van der Waals surface area (Å²) in [7, 11) is 0. The lowest BCUT2D eigenvalue weighted by atomic mass is 10.1. The Morgan fingerprint density at radius 3 is 2.44 bits per heavy atom. The highest BCUT2D eigenvalue weighted by Gasteiger charge is 2.32. The van der Waals surface area contributed by atoms with Gasteiger partial charge < -0.3 is 11.1 Å². The van der Waals surface area contributed by atoms with E-state index in [1.54, 1.807) is 0 Å². The lowest BCUT2D eigenvalue weighted by Crippen LogP contribution is -2.25. The van der Waals surface area contributed by atoms with Crippen LogP contribution in [-0.2, 0) is 12.7 Å². The molecule has 0 amide bonds. The summed E-state index contributed by atoms with van der Waals surface area (Å²) in [6.45, 7) is 0.576. The Bertz CT molecular complexity index is 409. The maximum atomic E-state index is 12.5. The number of hydrogen-bond donors (Lipinski definition) is 2. The molecule has 1 saturated carbocycles. The van der Waals surface area contributed by atoms with Crippen molar-refractivity contribution < 1.29 is 13.2 Å². The van der Waals surface area contributed by atoms with E-state index < -0.39 is 11.7 Å². The first-order chi connectivity index (χ1) is 8.47. The lowest BCUT2D eigenvalue weighted by Gasteiger charge is -2.14. The fraction of sp³-hybridized carbons (Fsp3) is 0.538. The molecule has 1 aromatic carbocycles. The first kappa shape index (κ1) is 13.2. The topological polar surface area (TPSA) is 38.0 Å². The van der Waals surface area contributed by atoms with Gasteiger partial charge in [0.05, 0.1) is 5.56 Å². The Hall–Kier alpha value is -1.23. The summed E-state index contributed by atoms with van der Waals surface area (Å²) in [5, 5.41) is 3.35. The maximum absolute atomic E-state index is 12.5. The van der Waals surface area contributed by atoms with Crippen molar-refractivity contribution in [3.63, 3.8) is 0 Å². The predicted molar refractivity (Wildman–Crippen MR) is 65.0 cm³/mol. The number of alkyl halides is 3. The van der Waals surface area contributed by atoms with Crippen LogP contribution in [0.3, 0.4) is 0 Å². The molecular formula is C13H17F3N2. The van der Waals surface area contributed by atoms with Crippen molar-refractivity contribution in [2.75, 3.05) is 5.73 Å². The molecule has 18 heavy (non-hydrogen) atoms. The molecule has 0 spiro atoms. The molecule has 1 aliphatic carbocycles. The normalized spacial score (nSPS) is 17.3. The van der Waals surface area contributed by atoms with E-state index in [2.05, 4.69) is 5.32 Å². The monoisotopic (exact) mass is 258 g/mol. The van der Waals surface area contributed by atoms with E-state index in [0.29, 0.717) is 12.6 Å². The van der Waals surface area contributed by atoms with Crippen molar-refractivity contribution in [1.82, 2.24) is 5.32 Å². The molecule has 1 fully saturated rings. The van der Waals surface area contributed by atoms with Gasteiger partial charge in [0.25, 0.3) is 0 Å². The van der Waals surface area contributed by atoms with Crippen molar-refractivity contribution >= 4 is 5.69 Å². The minimum Gasteiger partial charge on any atom is -0.398 e. The molecule has 0 unspecified atom stereocenters. The molecule has 0 radical (unpaired) electrons. The molecule has 0 bridgehead atoms. The highest BCUT2D eigenvalue weighted by Crippen LogP contribution is 2.33. The van der Waals surface area contributed by atoms with E-state index in [1.807, 2.05) is 0 Å². The van der Waals surface area contributed by atoms with E-state index in [-0.39, 0.29) is 5.69 Å². The van der Waals surface area contributed by atoms with E-state index >= 15 is 0 Å². The minimum atomic E-state index is -4.37. The van der Waals surface area contributed by atoms with Gasteiger partial charge >= 0.3 is 6.18 Å². The average molecular weight is 258 g/mol. The maximum Gasteiger partial charge on any atom is 0.418 e. The summed E-state index contributed by atoms with van der Waals surface area (Å²) in [5.74, 6) is 0. The molecule has 0 aliphatic heterocycles. The van der Waals surface area contributed by atoms with Crippen molar-refractivity contribution in [2.45, 2.75) is 44.4 Å². The van der Waals surface area contributed by atoms with Gasteiger partial charge in [-0.05, 0) is 30.5 Å². The van der Waals surface area contributed by atoms with Crippen LogP contribution in [-0.4, -0.2) is 6.04 Å². The summed E-state index contributed by atoms with van der Waals surface area (Å²) in [6, 6.07) is 4.45. The first-order valence-corrected chi connectivity index (χ1v) is 6.16. The molecule has 2 nitrogen and oxygen atoms in total. The Morgan fingerprint density at radius 2 is 1.89 bits per heavy atom. The zero-order valence-electron chi connectivity index (χ0n) is 10.1. The lowest BCUT2D eigenvalue weighted by molar-refractivity contribution is -0.136. The molecule has 2 rings (SSSR count). The molecule has 5 heteroatoms. The van der Waals surface area contributed by atoms with Crippen LogP contribution in [0.15, 0.2) is 18.2 Å². The predicted octanol–water partition coefficient (Wildman–Crippen LogP) is 3.32. The van der Waals surface area contributed by atoms with Crippen LogP contribution in [0.1, 0.15) is 36.8 Å². The van der Waals surface area contributed by atoms with Crippen molar-refractivity contribution in [3.05, 3.63) is 29.3 Å². The van der Waals surface area contributed by atoms with Crippen molar-refractivity contribution in [1.29, 1.82) is 0 Å². The molecule has 0 saturated heterocycles. The number of halogens is 3. The number of hydrogen-bond acceptors (Lipinski definition) is 2. The van der Waals surface area contributed by atoms with Gasteiger partial charge in [0.1, 0.15) is 0 Å². The van der Waals surface area contributed by atoms with Crippen LogP contribution < -0.4 is 11.1 Å². The minimum absolute atomic E-state index is 0.201. The fourth-order valence-electron chi connectivity index (χ4n) is 2.37. The van der Waals surface area contributed by atoms with Crippen LogP contribution >= 0.6 is 0 Å². The van der Waals surface area contributed by atoms with Gasteiger partial charge in [-0.3, -0.25) is 0 Å². The third-order valence-corrected chi connectivity index (χ3v) is 3.37. The number of nitrogens with two attached hydrogens (primary N) is 1. The van der Waals surface area contributed by atoms with E-state index in [0.717, 1.165) is 24.5 Å². The Balaban J connectivity index is 2.00. The van der Waals surface area contributed by atoms with E-state index in [4.69, 9.17) is 5.73 Å². The second-order valence-corrected chi connectivity index (χ2v) is 4.78. The summed E-state index contributed by atoms with van der Waals surface area (Å²) in [6.07, 6.45) is 0.382. The summed E-state index contributed by atoms with van der Waals surface area (Å²) < 4.78 is 37.5. The summed E-state index contributed by atoms with van der Waals surface area (Å²) in [5.41, 5.74) is 5.28. The highest BCUT2D eigenvalue weighted by molar-refractivity contribution is 5.50. The van der Waals surface area contributed by atoms with Gasteiger partial charge in [-0.15, -0.1) is 0 Å². The molecule has 0 aromatic heterocycles. The average Bonchev–Trinajstić information content (AvgIpc) is 2.77. The van der Waals surface area contributed by atoms with Crippen molar-refractivity contribution in [2.24, 2.45) is 0 Å². The van der Waals surface area contributed by atoms with Gasteiger partial charge in [-0.25, -0.2) is 0 Å². The fourth-order valence-corrected chi connectivity index (χ4v) is 2.37. The number of nitrogens with one attached hydrogen (secondary N) is 1. The number of benzene rings is 1. The number of rotatable bonds is 3. The van der Waals surface area contributed by atoms with Gasteiger partial charge in [-0.2, -0.15) is 13.2 Å². The number of nitrogen functional groups attached to an aromatic ring is 1. The Morgan fingerprint density at radius 1 is 1.22 bits per heavy atom. The third kappa shape index (κ3) is 3.16. The smallest absolute Gasteiger partial charge is 0.398 e. The van der Waals surface area contributed by atoms with Gasteiger partial charge in [-0.1, -0.05) is 18.9 Å². The molecular weight excluding hydrogens is 241 g/mol. The molecule has 0 atom stereocenters. The molecule has 0 heterocycles. The van der Waals surface area contributed by atoms with Crippen LogP contribution in [0.4, 0.5) is 18.9 Å². The van der Waals surface area contributed by atoms with Gasteiger partial charge in [0, 0.05) is 18.3 Å². The second kappa shape index (κ2) is 5.18. The SMILES string of the molecule is Nc1cc(CNC2CCCC2)ccc1C(F)(F)F. The largest absolute Gasteiger partial charge is 0.418 e. The Kier molecular flexibility index (Phi) is 3.80. The Labute approximate surface area is 104 Å². The van der Waals surface area contributed by atoms with Crippen molar-refractivity contribution in [3.8, 4) is 0 Å². The zero-order chi connectivity index (χ0) is 13.2. The first-order valence-electron chi connectivity index (χ1n) is 6.16. The van der Waals surface area contributed by atoms with Crippen LogP contribution in [0.2, 0.25) is 0 Å². The number of anilines is 1. The third-order valence-electron chi connectivity index (χ3n) is 3.37. The standard InChI is InChI=1S/C13H17F3N2/c14-13(15,16)11-6-5-9(7-12(11)17)8-18-10-3-1-2-4-10/h5-7,10,18H,1-4,8,17H2. The van der Waals surface area contributed by atoms with Crippen LogP contribution in [0, 0.1) is 0 Å². The second-order valence-electron chi connectivity index (χ2n) is 4.78. The molecule has 100 valence electrons. The molecule has 3 N–H and O–H groups in total. The molecule has 1 aromatic rings. The van der Waals surface area contributed by atoms with E-state index in [1.165, 1.54) is 25.0 Å². The van der Waals surface area contributed by atoms with Crippen LogP contribution in [0.25, 0.3) is 0 Å². The summed E-state index contributed by atoms with van der Waals surface area (Å²) in [4.78, 5) is 0. The van der Waals surface area contributed by atoms with Crippen LogP contribution in [0.5, 0.6) is 0 Å². The van der Waals surface area contributed by atoms with E-state index in [9.17, 15) is 13.2 Å². The van der Waals surface area contributed by atoms with Gasteiger partial charge in [0.2, 0.25) is 0 Å². The molecule has 1 aliphatic rings. The quantitative estimate of drug-likeness (QED) is 0.816.